The van der Waals surface area contributed by atoms with Gasteiger partial charge in [-0.1, -0.05) is 26.7 Å². The van der Waals surface area contributed by atoms with Gasteiger partial charge in [0.2, 0.25) is 0 Å². The molecule has 0 spiro atoms. The minimum Gasteiger partial charge on any atom is -0.391 e. The van der Waals surface area contributed by atoms with E-state index >= 15 is 0 Å². The first kappa shape index (κ1) is 15.8. The summed E-state index contributed by atoms with van der Waals surface area (Å²) in [6.07, 6.45) is 4.94. The van der Waals surface area contributed by atoms with Crippen LogP contribution >= 0.6 is 0 Å². The highest BCUT2D eigenvalue weighted by molar-refractivity contribution is 5.80. The van der Waals surface area contributed by atoms with E-state index in [0.29, 0.717) is 12.5 Å². The van der Waals surface area contributed by atoms with Gasteiger partial charge in [0, 0.05) is 13.1 Å². The third-order valence-corrected chi connectivity index (χ3v) is 4.86. The lowest BCUT2D eigenvalue weighted by Crippen LogP contribution is -2.49. The van der Waals surface area contributed by atoms with Crippen molar-refractivity contribution in [3.05, 3.63) is 0 Å². The molecule has 5 unspecified atom stereocenters. The lowest BCUT2D eigenvalue weighted by Gasteiger charge is -2.36. The summed E-state index contributed by atoms with van der Waals surface area (Å²) in [6, 6.07) is 0. The number of ether oxygens (including phenoxy) is 1. The average Bonchev–Trinajstić information content (AvgIpc) is 2.41. The maximum absolute atomic E-state index is 12.4. The zero-order valence-corrected chi connectivity index (χ0v) is 13.0. The molecule has 1 saturated heterocycles. The number of hydrogen-bond acceptors (Lipinski definition) is 3. The second-order valence-corrected chi connectivity index (χ2v) is 6.79. The van der Waals surface area contributed by atoms with Crippen LogP contribution in [0.1, 0.15) is 52.9 Å². The third-order valence-electron chi connectivity index (χ3n) is 4.86. The van der Waals surface area contributed by atoms with Crippen molar-refractivity contribution in [1.29, 1.82) is 0 Å². The van der Waals surface area contributed by atoms with E-state index in [4.69, 9.17) is 4.74 Å². The van der Waals surface area contributed by atoms with Gasteiger partial charge in [-0.15, -0.1) is 0 Å². The van der Waals surface area contributed by atoms with Crippen molar-refractivity contribution in [1.82, 2.24) is 4.90 Å². The Hall–Kier alpha value is -0.610. The number of likely N-dealkylation sites (tertiary alicyclic amines) is 1. The van der Waals surface area contributed by atoms with Crippen molar-refractivity contribution in [3.8, 4) is 0 Å². The maximum Gasteiger partial charge on any atom is 0.251 e. The van der Waals surface area contributed by atoms with E-state index in [1.54, 1.807) is 4.90 Å². The molecule has 0 aromatic rings. The zero-order chi connectivity index (χ0) is 14.7. The molecule has 2 rings (SSSR count). The molecule has 5 atom stereocenters. The monoisotopic (exact) mass is 283 g/mol. The van der Waals surface area contributed by atoms with Gasteiger partial charge in [-0.3, -0.25) is 4.79 Å². The average molecular weight is 283 g/mol. The number of hydrogen-bond donors (Lipinski definition) is 1. The van der Waals surface area contributed by atoms with Gasteiger partial charge in [-0.25, -0.2) is 0 Å². The van der Waals surface area contributed by atoms with Gasteiger partial charge in [0.15, 0.2) is 0 Å². The Morgan fingerprint density at radius 1 is 1.30 bits per heavy atom. The highest BCUT2D eigenvalue weighted by atomic mass is 16.5. The molecule has 1 saturated carbocycles. The minimum absolute atomic E-state index is 0.0363. The number of amides is 1. The molecule has 1 aliphatic heterocycles. The molecule has 2 fully saturated rings. The van der Waals surface area contributed by atoms with Gasteiger partial charge < -0.3 is 14.7 Å². The number of piperidine rings is 1. The lowest BCUT2D eigenvalue weighted by atomic mass is 9.88. The molecule has 1 aliphatic carbocycles. The summed E-state index contributed by atoms with van der Waals surface area (Å²) in [7, 11) is 0. The van der Waals surface area contributed by atoms with Gasteiger partial charge >= 0.3 is 0 Å². The number of aliphatic hydroxyl groups excluding tert-OH is 1. The maximum atomic E-state index is 12.4. The molecule has 20 heavy (non-hydrogen) atoms. The first-order valence-corrected chi connectivity index (χ1v) is 8.09. The van der Waals surface area contributed by atoms with Crippen LogP contribution < -0.4 is 0 Å². The summed E-state index contributed by atoms with van der Waals surface area (Å²) in [4.78, 5) is 14.2. The molecule has 1 heterocycles. The summed E-state index contributed by atoms with van der Waals surface area (Å²) in [5.41, 5.74) is 0. The van der Waals surface area contributed by atoms with Crippen molar-refractivity contribution in [3.63, 3.8) is 0 Å². The van der Waals surface area contributed by atoms with Crippen molar-refractivity contribution in [2.24, 2.45) is 11.8 Å². The predicted octanol–water partition coefficient (Wildman–Crippen LogP) is 2.20. The third kappa shape index (κ3) is 3.95. The molecule has 0 bridgehead atoms. The summed E-state index contributed by atoms with van der Waals surface area (Å²) in [5.74, 6) is 1.03. The molecule has 2 aliphatic rings. The van der Waals surface area contributed by atoms with E-state index in [2.05, 4.69) is 6.92 Å². The van der Waals surface area contributed by atoms with Crippen LogP contribution in [0, 0.1) is 11.8 Å². The molecule has 1 amide bonds. The molecule has 4 nitrogen and oxygen atoms in total. The van der Waals surface area contributed by atoms with Crippen molar-refractivity contribution in [2.45, 2.75) is 71.2 Å². The number of aliphatic hydroxyl groups is 1. The molecule has 0 aromatic carbocycles. The van der Waals surface area contributed by atoms with Crippen LogP contribution in [-0.4, -0.2) is 47.3 Å². The van der Waals surface area contributed by atoms with E-state index in [9.17, 15) is 9.90 Å². The Bertz CT molecular complexity index is 334. The number of nitrogens with zero attached hydrogens (tertiary/aromatic N) is 1. The topological polar surface area (TPSA) is 49.8 Å². The Labute approximate surface area is 122 Å². The number of carbonyl (C=O) groups excluding carboxylic acids is 1. The fraction of sp³-hybridized carbons (Fsp3) is 0.938. The smallest absolute Gasteiger partial charge is 0.251 e. The SMILES string of the molecule is CC1CCCC(OC(C)C(=O)N2CCC(C)C(O)C2)C1. The fourth-order valence-corrected chi connectivity index (χ4v) is 3.36. The summed E-state index contributed by atoms with van der Waals surface area (Å²) < 4.78 is 5.97. The van der Waals surface area contributed by atoms with E-state index in [0.717, 1.165) is 25.8 Å². The zero-order valence-electron chi connectivity index (χ0n) is 13.0. The Morgan fingerprint density at radius 3 is 2.70 bits per heavy atom. The van der Waals surface area contributed by atoms with Gasteiger partial charge in [0.25, 0.3) is 5.91 Å². The number of rotatable bonds is 3. The van der Waals surface area contributed by atoms with Gasteiger partial charge in [-0.05, 0) is 38.0 Å². The van der Waals surface area contributed by atoms with Crippen molar-refractivity contribution >= 4 is 5.91 Å². The van der Waals surface area contributed by atoms with Gasteiger partial charge in [0.05, 0.1) is 12.2 Å². The van der Waals surface area contributed by atoms with E-state index in [1.807, 2.05) is 13.8 Å². The molecular weight excluding hydrogens is 254 g/mol. The van der Waals surface area contributed by atoms with Crippen LogP contribution in [0.5, 0.6) is 0 Å². The normalized spacial score (nSPS) is 36.7. The van der Waals surface area contributed by atoms with Crippen molar-refractivity contribution in [2.75, 3.05) is 13.1 Å². The van der Waals surface area contributed by atoms with Crippen LogP contribution in [0.2, 0.25) is 0 Å². The largest absolute Gasteiger partial charge is 0.391 e. The first-order valence-electron chi connectivity index (χ1n) is 8.09. The summed E-state index contributed by atoms with van der Waals surface area (Å²) in [5, 5.41) is 9.90. The van der Waals surface area contributed by atoms with E-state index in [1.165, 1.54) is 12.8 Å². The molecule has 4 heteroatoms. The predicted molar refractivity (Wildman–Crippen MR) is 78.3 cm³/mol. The van der Waals surface area contributed by atoms with Crippen LogP contribution in [0.25, 0.3) is 0 Å². The molecular formula is C16H29NO3. The van der Waals surface area contributed by atoms with Crippen LogP contribution in [0.4, 0.5) is 0 Å². The molecule has 0 aromatic heterocycles. The Balaban J connectivity index is 1.82. The van der Waals surface area contributed by atoms with Gasteiger partial charge in [-0.2, -0.15) is 0 Å². The molecule has 1 N–H and O–H groups in total. The van der Waals surface area contributed by atoms with E-state index < -0.39 is 6.10 Å². The Kier molecular flexibility index (Phi) is 5.44. The minimum atomic E-state index is -0.394. The lowest BCUT2D eigenvalue weighted by molar-refractivity contribution is -0.152. The highest BCUT2D eigenvalue weighted by Gasteiger charge is 2.31. The summed E-state index contributed by atoms with van der Waals surface area (Å²) in [6.45, 7) is 7.34. The summed E-state index contributed by atoms with van der Waals surface area (Å²) >= 11 is 0. The number of carbonyl (C=O) groups is 1. The van der Waals surface area contributed by atoms with E-state index in [-0.39, 0.29) is 24.0 Å². The van der Waals surface area contributed by atoms with Crippen LogP contribution in [0.15, 0.2) is 0 Å². The second-order valence-electron chi connectivity index (χ2n) is 6.79. The van der Waals surface area contributed by atoms with Crippen molar-refractivity contribution < 1.29 is 14.6 Å². The Morgan fingerprint density at radius 2 is 2.05 bits per heavy atom. The fourth-order valence-electron chi connectivity index (χ4n) is 3.36. The molecule has 0 radical (unpaired) electrons. The quantitative estimate of drug-likeness (QED) is 0.864. The molecule has 116 valence electrons. The first-order chi connectivity index (χ1) is 9.47. The van der Waals surface area contributed by atoms with Crippen LogP contribution in [0.3, 0.4) is 0 Å². The standard InChI is InChI=1S/C16H29NO3/c1-11-5-4-6-14(9-11)20-13(3)16(19)17-8-7-12(2)15(18)10-17/h11-15,18H,4-10H2,1-3H3. The van der Waals surface area contributed by atoms with Crippen LogP contribution in [-0.2, 0) is 9.53 Å². The second kappa shape index (κ2) is 6.90. The van der Waals surface area contributed by atoms with Gasteiger partial charge in [0.1, 0.15) is 6.10 Å². The number of β-amino-alcohol motifs (C(OH)–C–C–N with tert-alkyl or cyclic N) is 1. The highest BCUT2D eigenvalue weighted by Crippen LogP contribution is 2.27.